The molecular formula is C51H49P. The maximum Gasteiger partial charge on any atom is 0.000671 e. The summed E-state index contributed by atoms with van der Waals surface area (Å²) in [4.78, 5) is 0. The van der Waals surface area contributed by atoms with Gasteiger partial charge in [0.15, 0.2) is 0 Å². The molecule has 0 nitrogen and oxygen atoms in total. The molecule has 258 valence electrons. The van der Waals surface area contributed by atoms with Gasteiger partial charge in [0.1, 0.15) is 0 Å². The molecule has 0 unspecified atom stereocenters. The minimum Gasteiger partial charge on any atom is -0.0587 e. The van der Waals surface area contributed by atoms with E-state index in [1.807, 2.05) is 0 Å². The van der Waals surface area contributed by atoms with Gasteiger partial charge in [-0.25, -0.2) is 0 Å². The predicted octanol–water partition coefficient (Wildman–Crippen LogP) is 12.9. The van der Waals surface area contributed by atoms with E-state index < -0.39 is 7.92 Å². The van der Waals surface area contributed by atoms with Crippen LogP contribution in [0.3, 0.4) is 0 Å². The van der Waals surface area contributed by atoms with Gasteiger partial charge in [-0.15, -0.1) is 0 Å². The second-order valence-electron chi connectivity index (χ2n) is 15.0. The van der Waals surface area contributed by atoms with Gasteiger partial charge in [0.25, 0.3) is 0 Å². The zero-order chi connectivity index (χ0) is 36.7. The Morgan fingerprint density at radius 2 is 0.481 bits per heavy atom. The summed E-state index contributed by atoms with van der Waals surface area (Å²) >= 11 is 0. The molecule has 0 saturated heterocycles. The van der Waals surface area contributed by atoms with Gasteiger partial charge in [-0.05, 0) is 142 Å². The molecule has 7 aromatic rings. The second-order valence-corrected chi connectivity index (χ2v) is 17.0. The Hall–Kier alpha value is -5.03. The second kappa shape index (κ2) is 14.5. The van der Waals surface area contributed by atoms with Crippen molar-refractivity contribution in [2.45, 2.75) is 62.3 Å². The van der Waals surface area contributed by atoms with Crippen molar-refractivity contribution in [3.05, 3.63) is 184 Å². The smallest absolute Gasteiger partial charge is 0.000671 e. The van der Waals surface area contributed by atoms with Crippen molar-refractivity contribution in [3.8, 4) is 44.5 Å². The lowest BCUT2D eigenvalue weighted by molar-refractivity contribution is 1.35. The highest BCUT2D eigenvalue weighted by molar-refractivity contribution is 7.81. The number of rotatable bonds is 7. The minimum absolute atomic E-state index is 1.13. The molecule has 0 aromatic heterocycles. The average Bonchev–Trinajstić information content (AvgIpc) is 3.11. The van der Waals surface area contributed by atoms with Gasteiger partial charge in [-0.1, -0.05) is 161 Å². The van der Waals surface area contributed by atoms with Gasteiger partial charge < -0.3 is 0 Å². The zero-order valence-electron chi connectivity index (χ0n) is 32.1. The first kappa shape index (κ1) is 35.4. The minimum atomic E-state index is -1.13. The van der Waals surface area contributed by atoms with Gasteiger partial charge >= 0.3 is 0 Å². The quantitative estimate of drug-likeness (QED) is 0.146. The molecular weight excluding hydrogens is 644 g/mol. The van der Waals surface area contributed by atoms with Crippen LogP contribution in [0, 0.1) is 62.3 Å². The summed E-state index contributed by atoms with van der Waals surface area (Å²) in [6.07, 6.45) is 0. The van der Waals surface area contributed by atoms with E-state index in [1.54, 1.807) is 0 Å². The molecule has 1 heteroatoms. The summed E-state index contributed by atoms with van der Waals surface area (Å²) in [6, 6.07) is 51.3. The molecule has 0 aliphatic carbocycles. The summed E-state index contributed by atoms with van der Waals surface area (Å²) in [7, 11) is -1.13. The molecule has 7 rings (SSSR count). The number of hydrogen-bond acceptors (Lipinski definition) is 0. The van der Waals surface area contributed by atoms with Crippen molar-refractivity contribution in [3.63, 3.8) is 0 Å². The maximum atomic E-state index is 2.44. The summed E-state index contributed by atoms with van der Waals surface area (Å²) in [5.74, 6) is 0. The van der Waals surface area contributed by atoms with Crippen molar-refractivity contribution in [2.75, 3.05) is 0 Å². The van der Waals surface area contributed by atoms with Crippen molar-refractivity contribution in [1.82, 2.24) is 0 Å². The van der Waals surface area contributed by atoms with E-state index in [0.717, 1.165) is 0 Å². The summed E-state index contributed by atoms with van der Waals surface area (Å²) in [5.41, 5.74) is 21.9. The average molecular weight is 693 g/mol. The number of aryl methyl sites for hydroxylation is 9. The molecule has 0 fully saturated rings. The lowest BCUT2D eigenvalue weighted by atomic mass is 9.95. The molecule has 0 radical (unpaired) electrons. The third-order valence-corrected chi connectivity index (χ3v) is 13.3. The number of hydrogen-bond donors (Lipinski definition) is 0. The molecule has 0 aliphatic rings. The summed E-state index contributed by atoms with van der Waals surface area (Å²) < 4.78 is 0. The van der Waals surface area contributed by atoms with E-state index in [9.17, 15) is 0 Å². The van der Waals surface area contributed by atoms with Crippen LogP contribution in [0.25, 0.3) is 44.5 Å². The predicted molar refractivity (Wildman–Crippen MR) is 230 cm³/mol. The van der Waals surface area contributed by atoms with E-state index in [4.69, 9.17) is 0 Å². The first-order valence-electron chi connectivity index (χ1n) is 18.4. The maximum absolute atomic E-state index is 2.44. The highest BCUT2D eigenvalue weighted by atomic mass is 31.1. The monoisotopic (exact) mass is 692 g/mol. The summed E-state index contributed by atoms with van der Waals surface area (Å²) in [5, 5.41) is 4.26. The fourth-order valence-corrected chi connectivity index (χ4v) is 11.0. The van der Waals surface area contributed by atoms with E-state index in [0.29, 0.717) is 0 Å². The topological polar surface area (TPSA) is 0 Å². The van der Waals surface area contributed by atoms with Gasteiger partial charge in [0.2, 0.25) is 0 Å². The van der Waals surface area contributed by atoms with Gasteiger partial charge in [0.05, 0.1) is 0 Å². The SMILES string of the molecule is Cc1ccc(-c2cc(C)cc(-c3ccc(C)cc3)c2P(c2c(C)cc(C)cc2C)c2c(-c3ccc(C)cc3)cc(C)cc2-c2ccc(C)cc2)cc1. The van der Waals surface area contributed by atoms with Crippen LogP contribution in [0.15, 0.2) is 133 Å². The molecule has 52 heavy (non-hydrogen) atoms. The highest BCUT2D eigenvalue weighted by Gasteiger charge is 2.32. The molecule has 0 amide bonds. The van der Waals surface area contributed by atoms with Crippen molar-refractivity contribution >= 4 is 23.8 Å². The molecule has 0 bridgehead atoms. The van der Waals surface area contributed by atoms with Crippen LogP contribution in [-0.4, -0.2) is 0 Å². The van der Waals surface area contributed by atoms with Gasteiger partial charge in [-0.3, -0.25) is 0 Å². The molecule has 7 aromatic carbocycles. The Morgan fingerprint density at radius 3 is 0.731 bits per heavy atom. The van der Waals surface area contributed by atoms with E-state index in [2.05, 4.69) is 196 Å². The van der Waals surface area contributed by atoms with Crippen LogP contribution < -0.4 is 15.9 Å². The standard InChI is InChI=1S/C51H49P/c1-32-10-18-41(19-11-32)45-28-37(6)29-46(42-20-12-33(2)13-21-42)50(45)52(49-39(8)26-36(5)27-40(49)9)51-47(43-22-14-34(3)15-23-43)30-38(7)31-48(51)44-24-16-35(4)17-25-44/h10-31H,1-9H3. The molecule has 0 spiro atoms. The lowest BCUT2D eigenvalue weighted by Gasteiger charge is -2.32. The summed E-state index contributed by atoms with van der Waals surface area (Å²) in [6.45, 7) is 20.1. The van der Waals surface area contributed by atoms with Crippen molar-refractivity contribution in [2.24, 2.45) is 0 Å². The van der Waals surface area contributed by atoms with E-state index >= 15 is 0 Å². The largest absolute Gasteiger partial charge is 0.0587 e. The van der Waals surface area contributed by atoms with Gasteiger partial charge in [-0.2, -0.15) is 0 Å². The first-order valence-corrected chi connectivity index (χ1v) is 19.8. The van der Waals surface area contributed by atoms with Crippen LogP contribution in [0.2, 0.25) is 0 Å². The van der Waals surface area contributed by atoms with Crippen molar-refractivity contribution < 1.29 is 0 Å². The fourth-order valence-electron chi connectivity index (χ4n) is 7.71. The zero-order valence-corrected chi connectivity index (χ0v) is 33.0. The molecule has 0 heterocycles. The molecule has 0 N–H and O–H groups in total. The normalized spacial score (nSPS) is 11.3. The molecule has 0 saturated carbocycles. The Balaban J connectivity index is 1.72. The fraction of sp³-hybridized carbons (Fsp3) is 0.176. The van der Waals surface area contributed by atoms with Crippen LogP contribution in [-0.2, 0) is 0 Å². The molecule has 0 atom stereocenters. The number of benzene rings is 7. The Kier molecular flexibility index (Phi) is 9.89. The van der Waals surface area contributed by atoms with Crippen molar-refractivity contribution in [1.29, 1.82) is 0 Å². The lowest BCUT2D eigenvalue weighted by Crippen LogP contribution is -2.29. The van der Waals surface area contributed by atoms with Crippen LogP contribution in [0.5, 0.6) is 0 Å². The van der Waals surface area contributed by atoms with E-state index in [1.165, 1.54) is 110 Å². The first-order chi connectivity index (χ1) is 25.0. The van der Waals surface area contributed by atoms with E-state index in [-0.39, 0.29) is 0 Å². The van der Waals surface area contributed by atoms with Crippen LogP contribution in [0.1, 0.15) is 50.1 Å². The van der Waals surface area contributed by atoms with Gasteiger partial charge in [0, 0.05) is 10.6 Å². The Labute approximate surface area is 313 Å². The van der Waals surface area contributed by atoms with Crippen LogP contribution >= 0.6 is 7.92 Å². The van der Waals surface area contributed by atoms with Crippen LogP contribution in [0.4, 0.5) is 0 Å². The molecule has 0 aliphatic heterocycles. The Morgan fingerprint density at radius 1 is 0.250 bits per heavy atom. The Bertz CT molecular complexity index is 2090. The third kappa shape index (κ3) is 7.06. The highest BCUT2D eigenvalue weighted by Crippen LogP contribution is 2.48. The third-order valence-electron chi connectivity index (χ3n) is 10.3.